The van der Waals surface area contributed by atoms with Gasteiger partial charge in [0.15, 0.2) is 6.61 Å². The van der Waals surface area contributed by atoms with E-state index in [9.17, 15) is 4.79 Å². The topological polar surface area (TPSA) is 58.6 Å². The van der Waals surface area contributed by atoms with Crippen molar-refractivity contribution < 1.29 is 14.6 Å². The second-order valence-electron chi connectivity index (χ2n) is 3.93. The van der Waals surface area contributed by atoms with Crippen molar-refractivity contribution in [2.24, 2.45) is 0 Å². The van der Waals surface area contributed by atoms with Crippen molar-refractivity contribution >= 4 is 11.6 Å². The largest absolute Gasteiger partial charge is 0.484 e. The highest BCUT2D eigenvalue weighted by atomic mass is 16.5. The average Bonchev–Trinajstić information content (AvgIpc) is 2.47. The number of nitrogens with one attached hydrogen (secondary N) is 1. The summed E-state index contributed by atoms with van der Waals surface area (Å²) in [5.41, 5.74) is 1.47. The van der Waals surface area contributed by atoms with Crippen LogP contribution in [0.2, 0.25) is 0 Å². The predicted octanol–water partition coefficient (Wildman–Crippen LogP) is 2.00. The summed E-state index contributed by atoms with van der Waals surface area (Å²) in [7, 11) is 0. The summed E-state index contributed by atoms with van der Waals surface area (Å²) in [6.07, 6.45) is 0. The van der Waals surface area contributed by atoms with E-state index in [-0.39, 0.29) is 19.1 Å². The summed E-state index contributed by atoms with van der Waals surface area (Å²) in [5.74, 6) is 0.369. The molecule has 0 unspecified atom stereocenters. The molecule has 0 aliphatic heterocycles. The molecular weight excluding hydrogens is 242 g/mol. The Balaban J connectivity index is 1.83. The molecule has 0 aliphatic carbocycles. The number of hydrogen-bond donors (Lipinski definition) is 2. The number of carbonyl (C=O) groups is 1. The van der Waals surface area contributed by atoms with E-state index in [0.29, 0.717) is 11.4 Å². The summed E-state index contributed by atoms with van der Waals surface area (Å²) in [4.78, 5) is 11.6. The van der Waals surface area contributed by atoms with E-state index in [2.05, 4.69) is 11.4 Å². The van der Waals surface area contributed by atoms with E-state index in [1.165, 1.54) is 0 Å². The molecule has 0 heterocycles. The van der Waals surface area contributed by atoms with Gasteiger partial charge in [0, 0.05) is 5.69 Å². The lowest BCUT2D eigenvalue weighted by molar-refractivity contribution is -0.118. The van der Waals surface area contributed by atoms with Gasteiger partial charge in [0.05, 0.1) is 6.61 Å². The van der Waals surface area contributed by atoms with Gasteiger partial charge in [0.2, 0.25) is 0 Å². The van der Waals surface area contributed by atoms with Crippen LogP contribution in [0.5, 0.6) is 5.75 Å². The van der Waals surface area contributed by atoms with Gasteiger partial charge in [0.25, 0.3) is 5.91 Å². The number of rotatable bonds is 5. The molecular formula is C15H14NO3. The van der Waals surface area contributed by atoms with Gasteiger partial charge in [0.1, 0.15) is 5.75 Å². The monoisotopic (exact) mass is 256 g/mol. The van der Waals surface area contributed by atoms with Crippen LogP contribution in [0, 0.1) is 6.07 Å². The third-order valence-corrected chi connectivity index (χ3v) is 2.47. The Kier molecular flexibility index (Phi) is 4.53. The first kappa shape index (κ1) is 13.1. The third-order valence-electron chi connectivity index (χ3n) is 2.47. The summed E-state index contributed by atoms with van der Waals surface area (Å²) in [6.45, 7) is -0.0680. The van der Waals surface area contributed by atoms with E-state index in [1.54, 1.807) is 48.5 Å². The van der Waals surface area contributed by atoms with Gasteiger partial charge in [-0.15, -0.1) is 0 Å². The summed E-state index contributed by atoms with van der Waals surface area (Å²) in [6, 6.07) is 16.8. The number of anilines is 1. The molecule has 0 bridgehead atoms. The fraction of sp³-hybridized carbons (Fsp3) is 0.133. The van der Waals surface area contributed by atoms with Gasteiger partial charge < -0.3 is 15.2 Å². The quantitative estimate of drug-likeness (QED) is 0.860. The van der Waals surface area contributed by atoms with Gasteiger partial charge in [-0.25, -0.2) is 0 Å². The predicted molar refractivity (Wildman–Crippen MR) is 71.8 cm³/mol. The fourth-order valence-electron chi connectivity index (χ4n) is 1.51. The first-order valence-corrected chi connectivity index (χ1v) is 5.86. The van der Waals surface area contributed by atoms with Gasteiger partial charge in [-0.05, 0) is 35.9 Å². The Morgan fingerprint density at radius 3 is 2.68 bits per heavy atom. The molecule has 2 aromatic rings. The van der Waals surface area contributed by atoms with Crippen LogP contribution in [-0.4, -0.2) is 17.6 Å². The first-order valence-electron chi connectivity index (χ1n) is 5.86. The van der Waals surface area contributed by atoms with Crippen LogP contribution in [-0.2, 0) is 11.4 Å². The molecule has 2 N–H and O–H groups in total. The summed E-state index contributed by atoms with van der Waals surface area (Å²) < 4.78 is 5.30. The lowest BCUT2D eigenvalue weighted by Crippen LogP contribution is -2.20. The maximum Gasteiger partial charge on any atom is 0.262 e. The molecule has 1 radical (unpaired) electrons. The first-order chi connectivity index (χ1) is 9.28. The van der Waals surface area contributed by atoms with Crippen LogP contribution in [0.15, 0.2) is 48.5 Å². The Morgan fingerprint density at radius 1 is 1.26 bits per heavy atom. The number of aliphatic hydroxyl groups is 1. The molecule has 0 aromatic heterocycles. The van der Waals surface area contributed by atoms with Crippen molar-refractivity contribution in [3.63, 3.8) is 0 Å². The lowest BCUT2D eigenvalue weighted by atomic mass is 10.2. The lowest BCUT2D eigenvalue weighted by Gasteiger charge is -2.07. The number of aliphatic hydroxyl groups excluding tert-OH is 1. The second-order valence-corrected chi connectivity index (χ2v) is 3.93. The van der Waals surface area contributed by atoms with Crippen LogP contribution < -0.4 is 10.1 Å². The number of benzene rings is 2. The highest BCUT2D eigenvalue weighted by Crippen LogP contribution is 2.10. The van der Waals surface area contributed by atoms with Crippen molar-refractivity contribution in [2.45, 2.75) is 6.61 Å². The van der Waals surface area contributed by atoms with Gasteiger partial charge in [-0.1, -0.05) is 24.3 Å². The van der Waals surface area contributed by atoms with Crippen molar-refractivity contribution in [1.82, 2.24) is 0 Å². The molecule has 0 atom stereocenters. The number of hydrogen-bond acceptors (Lipinski definition) is 3. The van der Waals surface area contributed by atoms with Crippen LogP contribution >= 0.6 is 0 Å². The molecule has 2 aromatic carbocycles. The maximum absolute atomic E-state index is 11.6. The smallest absolute Gasteiger partial charge is 0.262 e. The Morgan fingerprint density at radius 2 is 2.05 bits per heavy atom. The highest BCUT2D eigenvalue weighted by Gasteiger charge is 2.03. The molecule has 4 nitrogen and oxygen atoms in total. The Hall–Kier alpha value is -2.33. The second kappa shape index (κ2) is 6.56. The molecule has 0 saturated carbocycles. The normalized spacial score (nSPS) is 9.95. The number of amides is 1. The molecule has 0 fully saturated rings. The average molecular weight is 256 g/mol. The standard InChI is InChI=1S/C15H14NO3/c17-10-12-6-8-13(9-7-12)16-15(18)11-19-14-4-2-1-3-5-14/h1-2,4-9,17H,10-11H2,(H,16,18). The van der Waals surface area contributed by atoms with Gasteiger partial charge in [-0.3, -0.25) is 4.79 Å². The summed E-state index contributed by atoms with van der Waals surface area (Å²) >= 11 is 0. The van der Waals surface area contributed by atoms with Crippen molar-refractivity contribution in [1.29, 1.82) is 0 Å². The molecule has 4 heteroatoms. The van der Waals surface area contributed by atoms with Crippen molar-refractivity contribution in [2.75, 3.05) is 11.9 Å². The fourth-order valence-corrected chi connectivity index (χ4v) is 1.51. The molecule has 0 saturated heterocycles. The molecule has 2 rings (SSSR count). The molecule has 19 heavy (non-hydrogen) atoms. The molecule has 0 aliphatic rings. The minimum absolute atomic E-state index is 0.0121. The molecule has 0 spiro atoms. The number of ether oxygens (including phenoxy) is 1. The SMILES string of the molecule is O=C(COc1c[c]ccc1)Nc1ccc(CO)cc1. The van der Waals surface area contributed by atoms with Crippen LogP contribution in [0.3, 0.4) is 0 Å². The third kappa shape index (κ3) is 4.12. The van der Waals surface area contributed by atoms with E-state index in [0.717, 1.165) is 5.56 Å². The zero-order chi connectivity index (χ0) is 13.5. The maximum atomic E-state index is 11.6. The van der Waals surface area contributed by atoms with Crippen molar-refractivity contribution in [3.05, 3.63) is 60.2 Å². The Labute approximate surface area is 111 Å². The van der Waals surface area contributed by atoms with E-state index >= 15 is 0 Å². The van der Waals surface area contributed by atoms with Crippen LogP contribution in [0.25, 0.3) is 0 Å². The molecule has 97 valence electrons. The zero-order valence-corrected chi connectivity index (χ0v) is 10.3. The van der Waals surface area contributed by atoms with E-state index < -0.39 is 0 Å². The Bertz CT molecular complexity index is 523. The minimum atomic E-state index is -0.236. The van der Waals surface area contributed by atoms with E-state index in [4.69, 9.17) is 9.84 Å². The van der Waals surface area contributed by atoms with Crippen molar-refractivity contribution in [3.8, 4) is 5.75 Å². The summed E-state index contributed by atoms with van der Waals surface area (Å²) in [5, 5.41) is 11.6. The number of carbonyl (C=O) groups excluding carboxylic acids is 1. The van der Waals surface area contributed by atoms with Gasteiger partial charge in [-0.2, -0.15) is 0 Å². The van der Waals surface area contributed by atoms with Gasteiger partial charge >= 0.3 is 0 Å². The highest BCUT2D eigenvalue weighted by molar-refractivity contribution is 5.91. The van der Waals surface area contributed by atoms with E-state index in [1.807, 2.05) is 0 Å². The van der Waals surface area contributed by atoms with Crippen LogP contribution in [0.4, 0.5) is 5.69 Å². The molecule has 1 amide bonds. The zero-order valence-electron chi connectivity index (χ0n) is 10.3. The minimum Gasteiger partial charge on any atom is -0.484 e. The van der Waals surface area contributed by atoms with Crippen LogP contribution in [0.1, 0.15) is 5.56 Å².